The number of nitrogens with zero attached hydrogens (tertiary/aromatic N) is 2. The Morgan fingerprint density at radius 2 is 2.00 bits per heavy atom. The molecule has 0 amide bonds. The first-order valence-electron chi connectivity index (χ1n) is 7.38. The van der Waals surface area contributed by atoms with Crippen LogP contribution in [0.25, 0.3) is 10.2 Å². The van der Waals surface area contributed by atoms with Crippen LogP contribution in [0.3, 0.4) is 0 Å². The fourth-order valence-corrected chi connectivity index (χ4v) is 4.53. The molecule has 0 bridgehead atoms. The van der Waals surface area contributed by atoms with Crippen LogP contribution >= 0.6 is 22.9 Å². The predicted molar refractivity (Wildman–Crippen MR) is 90.6 cm³/mol. The first-order valence-corrected chi connectivity index (χ1v) is 8.58. The Morgan fingerprint density at radius 1 is 1.33 bits per heavy atom. The van der Waals surface area contributed by atoms with Gasteiger partial charge in [-0.15, -0.1) is 0 Å². The standard InChI is InChI=1S/C16H21ClN2OS/c1-10-8-12(17)9-13-14(10)18-15(21-13)19-6-4-11(5-7-19)16(2,3)20/h8-9,11,20H,4-7H2,1-3H3. The molecule has 5 heteroatoms. The summed E-state index contributed by atoms with van der Waals surface area (Å²) in [4.78, 5) is 7.12. The van der Waals surface area contributed by atoms with E-state index in [1.54, 1.807) is 11.3 Å². The van der Waals surface area contributed by atoms with Crippen LogP contribution in [0.2, 0.25) is 5.02 Å². The Labute approximate surface area is 134 Å². The zero-order valence-electron chi connectivity index (χ0n) is 12.7. The van der Waals surface area contributed by atoms with Gasteiger partial charge in [0.2, 0.25) is 0 Å². The second kappa shape index (κ2) is 5.41. The highest BCUT2D eigenvalue weighted by atomic mass is 35.5. The number of thiazole rings is 1. The van der Waals surface area contributed by atoms with Crippen molar-refractivity contribution < 1.29 is 5.11 Å². The molecule has 1 fully saturated rings. The maximum absolute atomic E-state index is 10.1. The summed E-state index contributed by atoms with van der Waals surface area (Å²) >= 11 is 7.83. The lowest BCUT2D eigenvalue weighted by atomic mass is 9.83. The van der Waals surface area contributed by atoms with E-state index in [0.717, 1.165) is 51.9 Å². The molecule has 1 aliphatic rings. The predicted octanol–water partition coefficient (Wildman–Crippen LogP) is 4.25. The second-order valence-electron chi connectivity index (χ2n) is 6.48. The summed E-state index contributed by atoms with van der Waals surface area (Å²) in [6.45, 7) is 7.80. The number of aliphatic hydroxyl groups is 1. The monoisotopic (exact) mass is 324 g/mol. The van der Waals surface area contributed by atoms with Crippen LogP contribution in [0.1, 0.15) is 32.3 Å². The third kappa shape index (κ3) is 3.03. The lowest BCUT2D eigenvalue weighted by Crippen LogP contribution is -2.41. The molecule has 0 radical (unpaired) electrons. The minimum atomic E-state index is -0.580. The van der Waals surface area contributed by atoms with Gasteiger partial charge >= 0.3 is 0 Å². The van der Waals surface area contributed by atoms with Crippen LogP contribution in [0, 0.1) is 12.8 Å². The van der Waals surface area contributed by atoms with Crippen molar-refractivity contribution in [2.45, 2.75) is 39.2 Å². The second-order valence-corrected chi connectivity index (χ2v) is 7.93. The summed E-state index contributed by atoms with van der Waals surface area (Å²) < 4.78 is 1.15. The molecular weight excluding hydrogens is 304 g/mol. The van der Waals surface area contributed by atoms with Crippen molar-refractivity contribution in [2.75, 3.05) is 18.0 Å². The molecule has 0 unspecified atom stereocenters. The number of piperidine rings is 1. The van der Waals surface area contributed by atoms with Crippen molar-refractivity contribution in [3.63, 3.8) is 0 Å². The number of hydrogen-bond acceptors (Lipinski definition) is 4. The topological polar surface area (TPSA) is 36.4 Å². The van der Waals surface area contributed by atoms with E-state index in [1.807, 2.05) is 26.0 Å². The molecule has 2 heterocycles. The summed E-state index contributed by atoms with van der Waals surface area (Å²) in [5, 5.41) is 12.0. The third-order valence-electron chi connectivity index (χ3n) is 4.40. The zero-order chi connectivity index (χ0) is 15.2. The zero-order valence-corrected chi connectivity index (χ0v) is 14.3. The highest BCUT2D eigenvalue weighted by Crippen LogP contribution is 2.36. The fourth-order valence-electron chi connectivity index (χ4n) is 3.06. The van der Waals surface area contributed by atoms with Gasteiger partial charge in [0.25, 0.3) is 0 Å². The van der Waals surface area contributed by atoms with Gasteiger partial charge in [-0.3, -0.25) is 0 Å². The first kappa shape index (κ1) is 15.1. The van der Waals surface area contributed by atoms with Gasteiger partial charge in [0, 0.05) is 18.1 Å². The Bertz CT molecular complexity index is 654. The molecule has 3 rings (SSSR count). The number of aryl methyl sites for hydroxylation is 1. The van der Waals surface area contributed by atoms with Gasteiger partial charge in [-0.1, -0.05) is 22.9 Å². The maximum atomic E-state index is 10.1. The van der Waals surface area contributed by atoms with Gasteiger partial charge in [0.1, 0.15) is 0 Å². The number of rotatable bonds is 2. The van der Waals surface area contributed by atoms with Crippen molar-refractivity contribution in [1.82, 2.24) is 4.98 Å². The summed E-state index contributed by atoms with van der Waals surface area (Å²) in [6, 6.07) is 3.96. The van der Waals surface area contributed by atoms with Crippen LogP contribution in [-0.2, 0) is 0 Å². The Hall–Kier alpha value is -0.840. The van der Waals surface area contributed by atoms with Crippen LogP contribution in [0.5, 0.6) is 0 Å². The lowest BCUT2D eigenvalue weighted by Gasteiger charge is -2.37. The van der Waals surface area contributed by atoms with E-state index in [-0.39, 0.29) is 0 Å². The van der Waals surface area contributed by atoms with Crippen LogP contribution in [0.15, 0.2) is 12.1 Å². The largest absolute Gasteiger partial charge is 0.390 e. The van der Waals surface area contributed by atoms with Gasteiger partial charge in [-0.05, 0) is 57.2 Å². The summed E-state index contributed by atoms with van der Waals surface area (Å²) in [7, 11) is 0. The molecule has 114 valence electrons. The maximum Gasteiger partial charge on any atom is 0.186 e. The molecule has 21 heavy (non-hydrogen) atoms. The van der Waals surface area contributed by atoms with Crippen molar-refractivity contribution in [1.29, 1.82) is 0 Å². The van der Waals surface area contributed by atoms with Gasteiger partial charge in [-0.25, -0.2) is 4.98 Å². The van der Waals surface area contributed by atoms with E-state index in [4.69, 9.17) is 16.6 Å². The molecular formula is C16H21ClN2OS. The van der Waals surface area contributed by atoms with Gasteiger partial charge in [0.05, 0.1) is 15.8 Å². The minimum Gasteiger partial charge on any atom is -0.390 e. The van der Waals surface area contributed by atoms with Crippen molar-refractivity contribution in [3.8, 4) is 0 Å². The number of anilines is 1. The SMILES string of the molecule is Cc1cc(Cl)cc2sc(N3CCC(C(C)(C)O)CC3)nc12. The molecule has 0 aliphatic carbocycles. The average Bonchev–Trinajstić information content (AvgIpc) is 2.82. The minimum absolute atomic E-state index is 0.374. The molecule has 1 saturated heterocycles. The molecule has 0 atom stereocenters. The molecule has 0 saturated carbocycles. The quantitative estimate of drug-likeness (QED) is 0.897. The van der Waals surface area contributed by atoms with E-state index in [2.05, 4.69) is 11.8 Å². The Kier molecular flexibility index (Phi) is 3.89. The molecule has 2 aromatic rings. The normalized spacial score (nSPS) is 17.7. The first-order chi connectivity index (χ1) is 9.84. The van der Waals surface area contributed by atoms with E-state index in [0.29, 0.717) is 5.92 Å². The summed E-state index contributed by atoms with van der Waals surface area (Å²) in [5.41, 5.74) is 1.61. The smallest absolute Gasteiger partial charge is 0.186 e. The molecule has 1 aromatic carbocycles. The van der Waals surface area contributed by atoms with E-state index in [9.17, 15) is 5.11 Å². The van der Waals surface area contributed by atoms with E-state index in [1.165, 1.54) is 0 Å². The number of fused-ring (bicyclic) bond motifs is 1. The molecule has 1 N–H and O–H groups in total. The highest BCUT2D eigenvalue weighted by Gasteiger charge is 2.31. The summed E-state index contributed by atoms with van der Waals surface area (Å²) in [5.74, 6) is 0.374. The number of hydrogen-bond donors (Lipinski definition) is 1. The fraction of sp³-hybridized carbons (Fsp3) is 0.562. The molecule has 3 nitrogen and oxygen atoms in total. The van der Waals surface area contributed by atoms with Crippen molar-refractivity contribution in [2.24, 2.45) is 5.92 Å². The van der Waals surface area contributed by atoms with Crippen molar-refractivity contribution in [3.05, 3.63) is 22.7 Å². The number of benzene rings is 1. The average molecular weight is 325 g/mol. The van der Waals surface area contributed by atoms with Gasteiger partial charge in [0.15, 0.2) is 5.13 Å². The molecule has 1 aromatic heterocycles. The van der Waals surface area contributed by atoms with Gasteiger partial charge < -0.3 is 10.0 Å². The third-order valence-corrected chi connectivity index (χ3v) is 5.68. The Morgan fingerprint density at radius 3 is 2.62 bits per heavy atom. The molecule has 0 spiro atoms. The number of halogens is 1. The van der Waals surface area contributed by atoms with E-state index >= 15 is 0 Å². The number of aromatic nitrogens is 1. The lowest BCUT2D eigenvalue weighted by molar-refractivity contribution is 0.00651. The Balaban J connectivity index is 1.81. The molecule has 1 aliphatic heterocycles. The highest BCUT2D eigenvalue weighted by molar-refractivity contribution is 7.22. The van der Waals surface area contributed by atoms with Gasteiger partial charge in [-0.2, -0.15) is 0 Å². The van der Waals surface area contributed by atoms with Crippen LogP contribution in [0.4, 0.5) is 5.13 Å². The van der Waals surface area contributed by atoms with E-state index < -0.39 is 5.60 Å². The summed E-state index contributed by atoms with van der Waals surface area (Å²) in [6.07, 6.45) is 2.03. The van der Waals surface area contributed by atoms with Crippen molar-refractivity contribution >= 4 is 38.3 Å². The van der Waals surface area contributed by atoms with Crippen LogP contribution in [-0.4, -0.2) is 28.8 Å². The van der Waals surface area contributed by atoms with Crippen LogP contribution < -0.4 is 4.90 Å².